The van der Waals surface area contributed by atoms with Gasteiger partial charge in [0.1, 0.15) is 6.04 Å². The molecule has 0 unspecified atom stereocenters. The fourth-order valence-corrected chi connectivity index (χ4v) is 1.35. The van der Waals surface area contributed by atoms with Gasteiger partial charge in [0, 0.05) is 10.7 Å². The van der Waals surface area contributed by atoms with Crippen molar-refractivity contribution in [1.82, 2.24) is 4.98 Å². The van der Waals surface area contributed by atoms with Crippen LogP contribution in [0.25, 0.3) is 0 Å². The van der Waals surface area contributed by atoms with Crippen LogP contribution in [-0.2, 0) is 9.53 Å². The average Bonchev–Trinajstić information content (AvgIpc) is 2.29. The minimum Gasteiger partial charge on any atom is -0.462 e. The van der Waals surface area contributed by atoms with Gasteiger partial charge in [-0.1, -0.05) is 0 Å². The molecule has 0 amide bonds. The standard InChI is InChI=1S/C10H11BrF2N2O2/c1-2-17-9(16)10(12,13)8(14)7-4-3-6(11)5-15-7/h3-5,8H,2,14H2,1H3/t8-/m1/s1. The highest BCUT2D eigenvalue weighted by molar-refractivity contribution is 9.10. The number of carbonyl (C=O) groups excluding carboxylic acids is 1. The molecule has 0 saturated carbocycles. The van der Waals surface area contributed by atoms with Gasteiger partial charge in [0.15, 0.2) is 0 Å². The number of carbonyl (C=O) groups is 1. The lowest BCUT2D eigenvalue weighted by molar-refractivity contribution is -0.175. The Bertz CT molecular complexity index is 398. The molecule has 0 aliphatic carbocycles. The van der Waals surface area contributed by atoms with Gasteiger partial charge in [0.25, 0.3) is 0 Å². The van der Waals surface area contributed by atoms with Crippen LogP contribution in [0, 0.1) is 0 Å². The van der Waals surface area contributed by atoms with Crippen molar-refractivity contribution in [3.8, 4) is 0 Å². The molecule has 0 radical (unpaired) electrons. The van der Waals surface area contributed by atoms with Gasteiger partial charge in [-0.3, -0.25) is 4.98 Å². The molecule has 1 heterocycles. The van der Waals surface area contributed by atoms with E-state index in [4.69, 9.17) is 5.73 Å². The summed E-state index contributed by atoms with van der Waals surface area (Å²) in [5.41, 5.74) is 5.25. The zero-order valence-electron chi connectivity index (χ0n) is 8.99. The molecule has 0 aliphatic heterocycles. The van der Waals surface area contributed by atoms with Crippen LogP contribution in [0.2, 0.25) is 0 Å². The molecule has 0 fully saturated rings. The molecule has 17 heavy (non-hydrogen) atoms. The zero-order chi connectivity index (χ0) is 13.1. The second-order valence-corrected chi connectivity index (χ2v) is 4.14. The van der Waals surface area contributed by atoms with Crippen LogP contribution in [0.5, 0.6) is 0 Å². The van der Waals surface area contributed by atoms with Crippen molar-refractivity contribution in [1.29, 1.82) is 0 Å². The summed E-state index contributed by atoms with van der Waals surface area (Å²) in [7, 11) is 0. The van der Waals surface area contributed by atoms with Gasteiger partial charge >= 0.3 is 11.9 Å². The highest BCUT2D eigenvalue weighted by Crippen LogP contribution is 2.29. The molecule has 2 N–H and O–H groups in total. The van der Waals surface area contributed by atoms with Crippen LogP contribution in [0.4, 0.5) is 8.78 Å². The Hall–Kier alpha value is -1.08. The summed E-state index contributed by atoms with van der Waals surface area (Å²) in [6.45, 7) is 1.31. The van der Waals surface area contributed by atoms with Gasteiger partial charge < -0.3 is 10.5 Å². The Kier molecular flexibility index (Phi) is 4.53. The molecule has 1 atom stereocenters. The van der Waals surface area contributed by atoms with Crippen LogP contribution in [-0.4, -0.2) is 23.5 Å². The number of rotatable bonds is 4. The topological polar surface area (TPSA) is 65.2 Å². The lowest BCUT2D eigenvalue weighted by Crippen LogP contribution is -2.42. The molecular formula is C10H11BrF2N2O2. The number of halogens is 3. The van der Waals surface area contributed by atoms with Gasteiger partial charge in [-0.15, -0.1) is 0 Å². The molecule has 0 bridgehead atoms. The lowest BCUT2D eigenvalue weighted by Gasteiger charge is -2.20. The largest absolute Gasteiger partial charge is 0.462 e. The SMILES string of the molecule is CCOC(=O)C(F)(F)[C@H](N)c1ccc(Br)cn1. The Balaban J connectivity index is 2.91. The molecule has 0 aromatic carbocycles. The third-order valence-electron chi connectivity index (χ3n) is 2.01. The zero-order valence-corrected chi connectivity index (χ0v) is 10.6. The number of ether oxygens (including phenoxy) is 1. The minimum atomic E-state index is -3.79. The minimum absolute atomic E-state index is 0.0775. The van der Waals surface area contributed by atoms with Crippen LogP contribution >= 0.6 is 15.9 Å². The maximum absolute atomic E-state index is 13.5. The predicted molar refractivity (Wildman–Crippen MR) is 60.4 cm³/mol. The second kappa shape index (κ2) is 5.50. The Morgan fingerprint density at radius 2 is 2.29 bits per heavy atom. The van der Waals surface area contributed by atoms with E-state index in [2.05, 4.69) is 25.7 Å². The van der Waals surface area contributed by atoms with Crippen LogP contribution < -0.4 is 5.73 Å². The first-order chi connectivity index (χ1) is 7.89. The van der Waals surface area contributed by atoms with E-state index in [9.17, 15) is 13.6 Å². The van der Waals surface area contributed by atoms with E-state index in [0.29, 0.717) is 4.47 Å². The maximum Gasteiger partial charge on any atom is 0.379 e. The van der Waals surface area contributed by atoms with Crippen LogP contribution in [0.3, 0.4) is 0 Å². The highest BCUT2D eigenvalue weighted by atomic mass is 79.9. The summed E-state index contributed by atoms with van der Waals surface area (Å²) < 4.78 is 32.0. The fraction of sp³-hybridized carbons (Fsp3) is 0.400. The van der Waals surface area contributed by atoms with Crippen molar-refractivity contribution in [2.45, 2.75) is 18.9 Å². The molecule has 0 aliphatic rings. The molecule has 1 aromatic heterocycles. The van der Waals surface area contributed by atoms with Gasteiger partial charge in [-0.05, 0) is 35.0 Å². The molecule has 1 rings (SSSR count). The Labute approximate surface area is 105 Å². The first kappa shape index (κ1) is 14.0. The van der Waals surface area contributed by atoms with Crippen LogP contribution in [0.15, 0.2) is 22.8 Å². The highest BCUT2D eigenvalue weighted by Gasteiger charge is 2.48. The van der Waals surface area contributed by atoms with Gasteiger partial charge in [-0.25, -0.2) is 4.79 Å². The summed E-state index contributed by atoms with van der Waals surface area (Å²) in [6.07, 6.45) is 1.33. The van der Waals surface area contributed by atoms with Gasteiger partial charge in [-0.2, -0.15) is 8.78 Å². The summed E-state index contributed by atoms with van der Waals surface area (Å²) >= 11 is 3.12. The molecule has 0 saturated heterocycles. The van der Waals surface area contributed by atoms with E-state index in [1.165, 1.54) is 25.3 Å². The third-order valence-corrected chi connectivity index (χ3v) is 2.48. The number of esters is 1. The molecule has 1 aromatic rings. The van der Waals surface area contributed by atoms with Crippen molar-refractivity contribution in [2.75, 3.05) is 6.61 Å². The fourth-order valence-electron chi connectivity index (χ4n) is 1.11. The average molecular weight is 309 g/mol. The number of nitrogens with zero attached hydrogens (tertiary/aromatic N) is 1. The van der Waals surface area contributed by atoms with E-state index in [1.54, 1.807) is 0 Å². The van der Waals surface area contributed by atoms with Crippen molar-refractivity contribution >= 4 is 21.9 Å². The normalized spacial score (nSPS) is 13.2. The van der Waals surface area contributed by atoms with E-state index in [0.717, 1.165) is 0 Å². The number of alkyl halides is 2. The van der Waals surface area contributed by atoms with Crippen molar-refractivity contribution < 1.29 is 18.3 Å². The van der Waals surface area contributed by atoms with E-state index < -0.39 is 17.9 Å². The van der Waals surface area contributed by atoms with Crippen molar-refractivity contribution in [3.05, 3.63) is 28.5 Å². The number of pyridine rings is 1. The van der Waals surface area contributed by atoms with Gasteiger partial charge in [0.2, 0.25) is 0 Å². The van der Waals surface area contributed by atoms with Gasteiger partial charge in [0.05, 0.1) is 12.3 Å². The van der Waals surface area contributed by atoms with Crippen LogP contribution in [0.1, 0.15) is 18.7 Å². The molecule has 7 heteroatoms. The first-order valence-electron chi connectivity index (χ1n) is 4.81. The number of hydrogen-bond donors (Lipinski definition) is 1. The number of hydrogen-bond acceptors (Lipinski definition) is 4. The second-order valence-electron chi connectivity index (χ2n) is 3.22. The first-order valence-corrected chi connectivity index (χ1v) is 5.61. The van der Waals surface area contributed by atoms with E-state index in [-0.39, 0.29) is 12.3 Å². The van der Waals surface area contributed by atoms with Crippen molar-refractivity contribution in [2.24, 2.45) is 5.73 Å². The van der Waals surface area contributed by atoms with E-state index >= 15 is 0 Å². The lowest BCUT2D eigenvalue weighted by atomic mass is 10.1. The smallest absolute Gasteiger partial charge is 0.379 e. The molecule has 4 nitrogen and oxygen atoms in total. The summed E-state index contributed by atoms with van der Waals surface area (Å²) in [6, 6.07) is 1.01. The molecule has 94 valence electrons. The Morgan fingerprint density at radius 3 is 2.76 bits per heavy atom. The number of aromatic nitrogens is 1. The summed E-state index contributed by atoms with van der Waals surface area (Å²) in [4.78, 5) is 14.8. The van der Waals surface area contributed by atoms with E-state index in [1.807, 2.05) is 0 Å². The number of nitrogens with two attached hydrogens (primary N) is 1. The maximum atomic E-state index is 13.5. The Morgan fingerprint density at radius 1 is 1.65 bits per heavy atom. The summed E-state index contributed by atoms with van der Waals surface area (Å²) in [5.74, 6) is -5.44. The monoisotopic (exact) mass is 308 g/mol. The predicted octanol–water partition coefficient (Wildman–Crippen LogP) is 2.04. The van der Waals surface area contributed by atoms with Crippen molar-refractivity contribution in [3.63, 3.8) is 0 Å². The molecule has 0 spiro atoms. The molecular weight excluding hydrogens is 298 g/mol. The quantitative estimate of drug-likeness (QED) is 0.865. The third kappa shape index (κ3) is 3.19. The summed E-state index contributed by atoms with van der Waals surface area (Å²) in [5, 5.41) is 0.